The van der Waals surface area contributed by atoms with Gasteiger partial charge in [0.1, 0.15) is 23.8 Å². The van der Waals surface area contributed by atoms with Gasteiger partial charge in [0.05, 0.1) is 25.9 Å². The topological polar surface area (TPSA) is 115 Å². The lowest BCUT2D eigenvalue weighted by Gasteiger charge is -2.55. The number of furan rings is 1. The first-order valence-corrected chi connectivity index (χ1v) is 12.0. The quantitative estimate of drug-likeness (QED) is 0.486. The number of carbonyl (C=O) groups excluding carboxylic acids is 3. The Morgan fingerprint density at radius 1 is 1.14 bits per heavy atom. The van der Waals surface area contributed by atoms with Gasteiger partial charge in [-0.25, -0.2) is 14.4 Å². The minimum Gasteiger partial charge on any atom is -0.481 e. The number of rotatable bonds is 10. The first-order chi connectivity index (χ1) is 17.8. The fourth-order valence-electron chi connectivity index (χ4n) is 4.80. The van der Waals surface area contributed by atoms with E-state index in [9.17, 15) is 28.7 Å². The smallest absolute Gasteiger partial charge is 0.303 e. The first kappa shape index (κ1) is 26.1. The summed E-state index contributed by atoms with van der Waals surface area (Å²) in [6.07, 6.45) is 2.41. The van der Waals surface area contributed by atoms with E-state index >= 15 is 0 Å². The van der Waals surface area contributed by atoms with Crippen molar-refractivity contribution in [1.29, 1.82) is 0 Å². The van der Waals surface area contributed by atoms with E-state index in [2.05, 4.69) is 6.58 Å². The zero-order chi connectivity index (χ0) is 26.5. The zero-order valence-corrected chi connectivity index (χ0v) is 20.3. The maximum Gasteiger partial charge on any atom is 0.303 e. The number of benzene rings is 1. The number of aliphatic carboxylic acids is 1. The van der Waals surface area contributed by atoms with Crippen LogP contribution in [0, 0.1) is 5.82 Å². The Hall–Kier alpha value is -3.99. The van der Waals surface area contributed by atoms with Crippen molar-refractivity contribution in [2.45, 2.75) is 51.0 Å². The Bertz CT molecular complexity index is 1150. The first-order valence-electron chi connectivity index (χ1n) is 12.0. The number of piperazine rings is 1. The number of carbonyl (C=O) groups is 4. The number of carboxylic acid groups (broad SMARTS) is 1. The largest absolute Gasteiger partial charge is 0.481 e. The Balaban J connectivity index is 1.70. The van der Waals surface area contributed by atoms with Crippen LogP contribution in [-0.2, 0) is 32.3 Å². The fourth-order valence-corrected chi connectivity index (χ4v) is 4.80. The molecule has 0 bridgehead atoms. The van der Waals surface area contributed by atoms with Gasteiger partial charge in [0.2, 0.25) is 17.7 Å². The van der Waals surface area contributed by atoms with E-state index < -0.39 is 29.9 Å². The molecule has 3 heterocycles. The molecule has 0 radical (unpaired) electrons. The summed E-state index contributed by atoms with van der Waals surface area (Å²) in [7, 11) is 0. The van der Waals surface area contributed by atoms with E-state index in [1.807, 2.05) is 0 Å². The molecule has 2 saturated heterocycles. The summed E-state index contributed by atoms with van der Waals surface area (Å²) < 4.78 is 18.9. The summed E-state index contributed by atoms with van der Waals surface area (Å²) in [5, 5.41) is 12.4. The maximum atomic E-state index is 13.5. The molecule has 0 spiro atoms. The summed E-state index contributed by atoms with van der Waals surface area (Å²) in [6, 6.07) is 8.15. The highest BCUT2D eigenvalue weighted by Gasteiger charge is 2.51. The average Bonchev–Trinajstić information content (AvgIpc) is 3.37. The Labute approximate surface area is 213 Å². The van der Waals surface area contributed by atoms with Crippen LogP contribution in [0.25, 0.3) is 0 Å². The molecule has 10 nitrogen and oxygen atoms in total. The molecule has 37 heavy (non-hydrogen) atoms. The van der Waals surface area contributed by atoms with Gasteiger partial charge >= 0.3 is 5.97 Å². The molecule has 11 heteroatoms. The fraction of sp³-hybridized carbons (Fsp3) is 0.385. The standard InChI is InChI=1S/C26H29FN4O6/c1-2-3-6-23(32)31-22-16-28(15-20-5-4-13-37-20)26(36)21(11-12-25(34)35)30(22)24(33)17-29(31)14-18-7-9-19(27)10-8-18/h2,4-5,7-10,13,21-22H,1,3,6,11-12,14-17H2,(H,34,35)/t21-,22-/m0/s1. The molecular formula is C26H29FN4O6. The van der Waals surface area contributed by atoms with Crippen molar-refractivity contribution in [2.24, 2.45) is 0 Å². The third-order valence-electron chi connectivity index (χ3n) is 6.48. The van der Waals surface area contributed by atoms with Gasteiger partial charge in [0.15, 0.2) is 0 Å². The van der Waals surface area contributed by atoms with Gasteiger partial charge < -0.3 is 19.3 Å². The van der Waals surface area contributed by atoms with Crippen molar-refractivity contribution in [3.63, 3.8) is 0 Å². The van der Waals surface area contributed by atoms with E-state index in [-0.39, 0.29) is 57.3 Å². The van der Waals surface area contributed by atoms with Crippen LogP contribution in [0.3, 0.4) is 0 Å². The predicted octanol–water partition coefficient (Wildman–Crippen LogP) is 2.37. The predicted molar refractivity (Wildman–Crippen MR) is 129 cm³/mol. The molecule has 196 valence electrons. The number of amides is 3. The molecule has 0 unspecified atom stereocenters. The van der Waals surface area contributed by atoms with E-state index in [1.165, 1.54) is 33.2 Å². The number of fused-ring (bicyclic) bond motifs is 1. The molecular weight excluding hydrogens is 483 g/mol. The molecule has 3 amide bonds. The number of nitrogens with zero attached hydrogens (tertiary/aromatic N) is 4. The van der Waals surface area contributed by atoms with E-state index in [1.54, 1.807) is 35.4 Å². The highest BCUT2D eigenvalue weighted by Crippen LogP contribution is 2.31. The summed E-state index contributed by atoms with van der Waals surface area (Å²) in [5.41, 5.74) is 0.700. The molecule has 0 saturated carbocycles. The summed E-state index contributed by atoms with van der Waals surface area (Å²) >= 11 is 0. The summed E-state index contributed by atoms with van der Waals surface area (Å²) in [5.74, 6) is -2.02. The molecule has 2 aromatic rings. The highest BCUT2D eigenvalue weighted by atomic mass is 19.1. The molecule has 0 aliphatic carbocycles. The normalized spacial score (nSPS) is 20.2. The van der Waals surface area contributed by atoms with Crippen LogP contribution in [0.1, 0.15) is 37.0 Å². The van der Waals surface area contributed by atoms with E-state index in [0.717, 1.165) is 0 Å². The van der Waals surface area contributed by atoms with Crippen LogP contribution in [0.2, 0.25) is 0 Å². The molecule has 1 aromatic heterocycles. The van der Waals surface area contributed by atoms with Crippen LogP contribution >= 0.6 is 0 Å². The van der Waals surface area contributed by atoms with Gasteiger partial charge in [0.25, 0.3) is 0 Å². The second kappa shape index (κ2) is 11.4. The lowest BCUT2D eigenvalue weighted by molar-refractivity contribution is -0.209. The van der Waals surface area contributed by atoms with Crippen LogP contribution in [-0.4, -0.2) is 73.9 Å². The highest BCUT2D eigenvalue weighted by molar-refractivity contribution is 5.92. The van der Waals surface area contributed by atoms with Gasteiger partial charge in [-0.05, 0) is 42.7 Å². The number of allylic oxidation sites excluding steroid dienone is 1. The van der Waals surface area contributed by atoms with Crippen LogP contribution in [0.15, 0.2) is 59.7 Å². The summed E-state index contributed by atoms with van der Waals surface area (Å²) in [4.78, 5) is 54.5. The van der Waals surface area contributed by atoms with Gasteiger partial charge in [0, 0.05) is 19.4 Å². The Kier molecular flexibility index (Phi) is 8.02. The lowest BCUT2D eigenvalue weighted by Crippen LogP contribution is -2.75. The van der Waals surface area contributed by atoms with Crippen molar-refractivity contribution in [3.8, 4) is 0 Å². The van der Waals surface area contributed by atoms with Gasteiger partial charge in [-0.2, -0.15) is 0 Å². The SMILES string of the molecule is C=CCCC(=O)N1[C@H]2CN(Cc3ccco3)C(=O)[C@H](CCC(=O)O)N2C(=O)CN1Cc1ccc(F)cc1. The number of halogens is 1. The molecule has 1 N–H and O–H groups in total. The second-order valence-corrected chi connectivity index (χ2v) is 9.04. The van der Waals surface area contributed by atoms with Crippen LogP contribution in [0.4, 0.5) is 4.39 Å². The minimum atomic E-state index is -1.09. The van der Waals surface area contributed by atoms with Crippen molar-refractivity contribution in [1.82, 2.24) is 19.8 Å². The molecule has 2 atom stereocenters. The Morgan fingerprint density at radius 3 is 2.54 bits per heavy atom. The van der Waals surface area contributed by atoms with Crippen molar-refractivity contribution in [3.05, 3.63) is 72.5 Å². The molecule has 1 aromatic carbocycles. The maximum absolute atomic E-state index is 13.5. The zero-order valence-electron chi connectivity index (χ0n) is 20.3. The second-order valence-electron chi connectivity index (χ2n) is 9.04. The van der Waals surface area contributed by atoms with E-state index in [4.69, 9.17) is 4.42 Å². The Morgan fingerprint density at radius 2 is 1.89 bits per heavy atom. The lowest BCUT2D eigenvalue weighted by atomic mass is 10.0. The number of hydrazine groups is 1. The van der Waals surface area contributed by atoms with Gasteiger partial charge in [-0.15, -0.1) is 6.58 Å². The third-order valence-corrected chi connectivity index (χ3v) is 6.48. The monoisotopic (exact) mass is 512 g/mol. The molecule has 2 aliphatic heterocycles. The van der Waals surface area contributed by atoms with Crippen molar-refractivity contribution >= 4 is 23.7 Å². The number of hydrogen-bond acceptors (Lipinski definition) is 6. The molecule has 2 aliphatic rings. The number of carboxylic acids is 1. The van der Waals surface area contributed by atoms with Crippen molar-refractivity contribution < 1.29 is 33.1 Å². The number of hydrogen-bond donors (Lipinski definition) is 1. The van der Waals surface area contributed by atoms with Crippen molar-refractivity contribution in [2.75, 3.05) is 13.1 Å². The van der Waals surface area contributed by atoms with Crippen LogP contribution in [0.5, 0.6) is 0 Å². The van der Waals surface area contributed by atoms with Crippen LogP contribution < -0.4 is 0 Å². The van der Waals surface area contributed by atoms with Gasteiger partial charge in [-0.3, -0.25) is 19.2 Å². The average molecular weight is 513 g/mol. The summed E-state index contributed by atoms with van der Waals surface area (Å²) in [6.45, 7) is 3.79. The minimum absolute atomic E-state index is 0.0224. The molecule has 2 fully saturated rings. The molecule has 4 rings (SSSR count). The van der Waals surface area contributed by atoms with Gasteiger partial charge in [-0.1, -0.05) is 18.2 Å². The third kappa shape index (κ3) is 5.88. The van der Waals surface area contributed by atoms with E-state index in [0.29, 0.717) is 17.7 Å².